The number of benzene rings is 1. The molecule has 0 fully saturated rings. The number of hydrazone groups is 1. The summed E-state index contributed by atoms with van der Waals surface area (Å²) < 4.78 is 0. The number of nitro benzene ring substituents is 1. The van der Waals surface area contributed by atoms with Gasteiger partial charge in [0.2, 0.25) is 0 Å². The van der Waals surface area contributed by atoms with Crippen molar-refractivity contribution in [3.63, 3.8) is 0 Å². The largest absolute Gasteiger partial charge is 0.375 e. The molecule has 0 saturated heterocycles. The molecule has 0 radical (unpaired) electrons. The van der Waals surface area contributed by atoms with Crippen molar-refractivity contribution >= 4 is 34.3 Å². The quantitative estimate of drug-likeness (QED) is 0.495. The van der Waals surface area contributed by atoms with Gasteiger partial charge in [-0.2, -0.15) is 5.10 Å². The van der Waals surface area contributed by atoms with E-state index in [1.54, 1.807) is 0 Å². The smallest absolute Gasteiger partial charge is 0.283 e. The first-order chi connectivity index (χ1) is 10.5. The molecule has 0 aliphatic heterocycles. The summed E-state index contributed by atoms with van der Waals surface area (Å²) in [4.78, 5) is 26.5. The zero-order valence-corrected chi connectivity index (χ0v) is 12.5. The van der Waals surface area contributed by atoms with E-state index < -0.39 is 4.92 Å². The number of nitrogens with two attached hydrogens (primary N) is 1. The Morgan fingerprint density at radius 1 is 1.50 bits per heavy atom. The van der Waals surface area contributed by atoms with Crippen LogP contribution >= 0.6 is 11.3 Å². The monoisotopic (exact) mass is 319 g/mol. The number of hydrogen-bond donors (Lipinski definition) is 2. The van der Waals surface area contributed by atoms with E-state index in [-0.39, 0.29) is 11.6 Å². The van der Waals surface area contributed by atoms with E-state index >= 15 is 0 Å². The second kappa shape index (κ2) is 6.76. The lowest BCUT2D eigenvalue weighted by molar-refractivity contribution is -0.384. The highest BCUT2D eigenvalue weighted by molar-refractivity contribution is 7.17. The number of hydrogen-bond acceptors (Lipinski definition) is 7. The van der Waals surface area contributed by atoms with Crippen molar-refractivity contribution in [2.75, 3.05) is 5.73 Å². The molecule has 9 heteroatoms. The van der Waals surface area contributed by atoms with E-state index in [1.807, 2.05) is 6.92 Å². The number of thiazole rings is 1. The number of nitrogens with zero attached hydrogens (tertiary/aromatic N) is 3. The molecule has 114 valence electrons. The molecule has 0 aliphatic carbocycles. The summed E-state index contributed by atoms with van der Waals surface area (Å²) in [5.41, 5.74) is 9.22. The van der Waals surface area contributed by atoms with Crippen molar-refractivity contribution in [1.29, 1.82) is 0 Å². The van der Waals surface area contributed by atoms with Crippen LogP contribution in [-0.2, 0) is 6.42 Å². The minimum absolute atomic E-state index is 0.00564. The fourth-order valence-corrected chi connectivity index (χ4v) is 2.50. The molecule has 2 aromatic rings. The van der Waals surface area contributed by atoms with E-state index in [0.29, 0.717) is 27.7 Å². The maximum atomic E-state index is 12.0. The third kappa shape index (κ3) is 3.64. The lowest BCUT2D eigenvalue weighted by atomic mass is 10.2. The highest BCUT2D eigenvalue weighted by atomic mass is 32.1. The Bertz CT molecular complexity index is 724. The number of rotatable bonds is 5. The van der Waals surface area contributed by atoms with Crippen LogP contribution in [0.2, 0.25) is 0 Å². The van der Waals surface area contributed by atoms with E-state index in [0.717, 1.165) is 11.3 Å². The van der Waals surface area contributed by atoms with Gasteiger partial charge in [0.15, 0.2) is 5.13 Å². The maximum Gasteiger partial charge on any atom is 0.283 e. The SMILES string of the molecule is CCc1nc(N)sc1C(=O)N/N=C\c1ccc([N+](=O)[O-])cc1. The van der Waals surface area contributed by atoms with Crippen LogP contribution in [0.1, 0.15) is 27.9 Å². The molecule has 0 bridgehead atoms. The van der Waals surface area contributed by atoms with Gasteiger partial charge in [-0.05, 0) is 24.1 Å². The standard InChI is InChI=1S/C13H13N5O3S/c1-2-10-11(22-13(14)16-10)12(19)17-15-7-8-3-5-9(6-4-8)18(20)21/h3-7H,2H2,1H3,(H2,14,16)(H,17,19)/b15-7-. The molecule has 8 nitrogen and oxygen atoms in total. The highest BCUT2D eigenvalue weighted by Crippen LogP contribution is 2.20. The van der Waals surface area contributed by atoms with Gasteiger partial charge in [-0.1, -0.05) is 18.3 Å². The number of amides is 1. The Balaban J connectivity index is 2.02. The summed E-state index contributed by atoms with van der Waals surface area (Å²) in [5.74, 6) is -0.385. The maximum absolute atomic E-state index is 12.0. The third-order valence-electron chi connectivity index (χ3n) is 2.74. The van der Waals surface area contributed by atoms with Crippen LogP contribution in [0.5, 0.6) is 0 Å². The second-order valence-corrected chi connectivity index (χ2v) is 5.26. The van der Waals surface area contributed by atoms with Gasteiger partial charge in [0.1, 0.15) is 4.88 Å². The van der Waals surface area contributed by atoms with Crippen LogP contribution < -0.4 is 11.2 Å². The summed E-state index contributed by atoms with van der Waals surface area (Å²) in [6.07, 6.45) is 2.00. The van der Waals surface area contributed by atoms with E-state index in [1.165, 1.54) is 30.5 Å². The summed E-state index contributed by atoms with van der Waals surface area (Å²) in [6.45, 7) is 1.88. The van der Waals surface area contributed by atoms with Crippen LogP contribution in [0.15, 0.2) is 29.4 Å². The van der Waals surface area contributed by atoms with Gasteiger partial charge in [0.05, 0.1) is 16.8 Å². The number of nitrogen functional groups attached to an aromatic ring is 1. The molecule has 0 atom stereocenters. The van der Waals surface area contributed by atoms with Crippen molar-refractivity contribution in [2.45, 2.75) is 13.3 Å². The number of non-ortho nitro benzene ring substituents is 1. The Labute approximate surface area is 129 Å². The third-order valence-corrected chi connectivity index (χ3v) is 3.66. The molecule has 1 heterocycles. The van der Waals surface area contributed by atoms with Crippen LogP contribution in [0.4, 0.5) is 10.8 Å². The summed E-state index contributed by atoms with van der Waals surface area (Å²) in [6, 6.07) is 5.80. The predicted molar refractivity (Wildman–Crippen MR) is 84.1 cm³/mol. The molecule has 3 N–H and O–H groups in total. The van der Waals surface area contributed by atoms with Crippen LogP contribution in [0.25, 0.3) is 0 Å². The molecular weight excluding hydrogens is 306 g/mol. The Morgan fingerprint density at radius 3 is 2.77 bits per heavy atom. The fourth-order valence-electron chi connectivity index (χ4n) is 1.69. The average molecular weight is 319 g/mol. The molecular formula is C13H13N5O3S. The Kier molecular flexibility index (Phi) is 4.79. The van der Waals surface area contributed by atoms with Crippen LogP contribution in [0.3, 0.4) is 0 Å². The molecule has 0 spiro atoms. The molecule has 1 aromatic heterocycles. The van der Waals surface area contributed by atoms with Gasteiger partial charge in [-0.3, -0.25) is 14.9 Å². The van der Waals surface area contributed by atoms with Crippen molar-refractivity contribution in [3.8, 4) is 0 Å². The van der Waals surface area contributed by atoms with Gasteiger partial charge in [0.25, 0.3) is 11.6 Å². The first kappa shape index (κ1) is 15.6. The lowest BCUT2D eigenvalue weighted by Crippen LogP contribution is -2.17. The van der Waals surface area contributed by atoms with E-state index in [2.05, 4.69) is 15.5 Å². The molecule has 0 aliphatic rings. The first-order valence-electron chi connectivity index (χ1n) is 6.34. The zero-order chi connectivity index (χ0) is 16.1. The zero-order valence-electron chi connectivity index (χ0n) is 11.6. The first-order valence-corrected chi connectivity index (χ1v) is 7.16. The number of carbonyl (C=O) groups is 1. The predicted octanol–water partition coefficient (Wildman–Crippen LogP) is 1.96. The van der Waals surface area contributed by atoms with Gasteiger partial charge in [-0.15, -0.1) is 0 Å². The second-order valence-electron chi connectivity index (χ2n) is 4.23. The molecule has 2 rings (SSSR count). The normalized spacial score (nSPS) is 10.8. The van der Waals surface area contributed by atoms with Crippen molar-refractivity contribution in [2.24, 2.45) is 5.10 Å². The fraction of sp³-hybridized carbons (Fsp3) is 0.154. The topological polar surface area (TPSA) is 124 Å². The van der Waals surface area contributed by atoms with Gasteiger partial charge in [-0.25, -0.2) is 10.4 Å². The molecule has 1 aromatic carbocycles. The molecule has 0 unspecified atom stereocenters. The number of carbonyl (C=O) groups excluding carboxylic acids is 1. The van der Waals surface area contributed by atoms with Crippen molar-refractivity contribution in [3.05, 3.63) is 50.5 Å². The summed E-state index contributed by atoms with van der Waals surface area (Å²) in [5, 5.41) is 14.7. The number of aromatic nitrogens is 1. The van der Waals surface area contributed by atoms with Crippen LogP contribution in [-0.4, -0.2) is 22.0 Å². The lowest BCUT2D eigenvalue weighted by Gasteiger charge is -1.98. The Hall–Kier alpha value is -2.81. The molecule has 0 saturated carbocycles. The Morgan fingerprint density at radius 2 is 2.18 bits per heavy atom. The number of anilines is 1. The number of nitro groups is 1. The van der Waals surface area contributed by atoms with E-state index in [9.17, 15) is 14.9 Å². The minimum Gasteiger partial charge on any atom is -0.375 e. The summed E-state index contributed by atoms with van der Waals surface area (Å²) >= 11 is 1.10. The number of nitrogens with one attached hydrogen (secondary N) is 1. The highest BCUT2D eigenvalue weighted by Gasteiger charge is 2.15. The average Bonchev–Trinajstić information content (AvgIpc) is 2.89. The van der Waals surface area contributed by atoms with Crippen LogP contribution in [0, 0.1) is 10.1 Å². The minimum atomic E-state index is -0.483. The van der Waals surface area contributed by atoms with Gasteiger partial charge < -0.3 is 5.73 Å². The van der Waals surface area contributed by atoms with Crippen molar-refractivity contribution < 1.29 is 9.72 Å². The van der Waals surface area contributed by atoms with Gasteiger partial charge >= 0.3 is 0 Å². The summed E-state index contributed by atoms with van der Waals surface area (Å²) in [7, 11) is 0. The van der Waals surface area contributed by atoms with Crippen molar-refractivity contribution in [1.82, 2.24) is 10.4 Å². The van der Waals surface area contributed by atoms with E-state index in [4.69, 9.17) is 5.73 Å². The molecule has 1 amide bonds. The van der Waals surface area contributed by atoms with Gasteiger partial charge in [0, 0.05) is 12.1 Å². The molecule has 22 heavy (non-hydrogen) atoms. The number of aryl methyl sites for hydroxylation is 1.